The van der Waals surface area contributed by atoms with Crippen LogP contribution in [0.15, 0.2) is 28.7 Å². The minimum atomic E-state index is -0.456. The van der Waals surface area contributed by atoms with Crippen LogP contribution in [0.5, 0.6) is 0 Å². The Labute approximate surface area is 90.9 Å². The molecule has 6 heteroatoms. The standard InChI is InChI=1S/C10H9N3O3/c1-6-9(12-10(11)16-6)7-3-2-4-8(5-7)13(14)15/h2-5H,1H3,(H2,11,12). The van der Waals surface area contributed by atoms with Crippen molar-refractivity contribution >= 4 is 11.7 Å². The van der Waals surface area contributed by atoms with Gasteiger partial charge in [-0.05, 0) is 6.92 Å². The summed E-state index contributed by atoms with van der Waals surface area (Å²) in [5.74, 6) is 0.540. The monoisotopic (exact) mass is 219 g/mol. The molecule has 16 heavy (non-hydrogen) atoms. The maximum absolute atomic E-state index is 10.6. The highest BCUT2D eigenvalue weighted by Gasteiger charge is 2.13. The molecule has 0 amide bonds. The molecule has 0 aliphatic heterocycles. The summed E-state index contributed by atoms with van der Waals surface area (Å²) in [7, 11) is 0. The normalized spacial score (nSPS) is 10.3. The average molecular weight is 219 g/mol. The van der Waals surface area contributed by atoms with E-state index in [0.717, 1.165) is 0 Å². The van der Waals surface area contributed by atoms with Crippen molar-refractivity contribution in [3.63, 3.8) is 0 Å². The van der Waals surface area contributed by atoms with Crippen LogP contribution < -0.4 is 5.73 Å². The van der Waals surface area contributed by atoms with Gasteiger partial charge in [-0.2, -0.15) is 4.98 Å². The predicted molar refractivity (Wildman–Crippen MR) is 57.7 cm³/mol. The Balaban J connectivity index is 2.52. The summed E-state index contributed by atoms with van der Waals surface area (Å²) >= 11 is 0. The molecule has 0 aliphatic rings. The molecule has 0 atom stereocenters. The lowest BCUT2D eigenvalue weighted by molar-refractivity contribution is -0.384. The summed E-state index contributed by atoms with van der Waals surface area (Å²) in [6.07, 6.45) is 0. The lowest BCUT2D eigenvalue weighted by Gasteiger charge is -1.97. The third-order valence-corrected chi connectivity index (χ3v) is 2.14. The Morgan fingerprint density at radius 3 is 2.81 bits per heavy atom. The smallest absolute Gasteiger partial charge is 0.292 e. The van der Waals surface area contributed by atoms with Crippen molar-refractivity contribution < 1.29 is 9.34 Å². The highest BCUT2D eigenvalue weighted by atomic mass is 16.6. The highest BCUT2D eigenvalue weighted by Crippen LogP contribution is 2.26. The molecule has 2 N–H and O–H groups in total. The van der Waals surface area contributed by atoms with Gasteiger partial charge < -0.3 is 10.2 Å². The Morgan fingerprint density at radius 1 is 1.50 bits per heavy atom. The van der Waals surface area contributed by atoms with Crippen LogP contribution in [-0.4, -0.2) is 9.91 Å². The van der Waals surface area contributed by atoms with Crippen molar-refractivity contribution in [3.05, 3.63) is 40.1 Å². The lowest BCUT2D eigenvalue weighted by Crippen LogP contribution is -1.89. The number of non-ortho nitro benzene ring substituents is 1. The van der Waals surface area contributed by atoms with Gasteiger partial charge in [0.2, 0.25) is 0 Å². The molecule has 1 heterocycles. The van der Waals surface area contributed by atoms with E-state index in [1.165, 1.54) is 12.1 Å². The third-order valence-electron chi connectivity index (χ3n) is 2.14. The van der Waals surface area contributed by atoms with Gasteiger partial charge in [0.25, 0.3) is 11.7 Å². The molecule has 0 unspecified atom stereocenters. The fourth-order valence-electron chi connectivity index (χ4n) is 1.45. The number of nitrogens with two attached hydrogens (primary N) is 1. The van der Waals surface area contributed by atoms with Gasteiger partial charge in [0.1, 0.15) is 11.5 Å². The summed E-state index contributed by atoms with van der Waals surface area (Å²) in [6.45, 7) is 1.71. The number of anilines is 1. The number of aromatic nitrogens is 1. The predicted octanol–water partition coefficient (Wildman–Crippen LogP) is 2.14. The number of nitrogen functional groups attached to an aromatic ring is 1. The molecule has 82 valence electrons. The Hall–Kier alpha value is -2.37. The zero-order valence-electron chi connectivity index (χ0n) is 8.51. The van der Waals surface area contributed by atoms with E-state index in [4.69, 9.17) is 10.2 Å². The van der Waals surface area contributed by atoms with Crippen molar-refractivity contribution in [3.8, 4) is 11.3 Å². The van der Waals surface area contributed by atoms with Crippen LogP contribution in [0.4, 0.5) is 11.7 Å². The molecule has 0 saturated heterocycles. The molecule has 6 nitrogen and oxygen atoms in total. The van der Waals surface area contributed by atoms with Crippen LogP contribution in [-0.2, 0) is 0 Å². The zero-order valence-corrected chi connectivity index (χ0v) is 8.51. The van der Waals surface area contributed by atoms with Crippen LogP contribution in [0.1, 0.15) is 5.76 Å². The first-order chi connectivity index (χ1) is 7.58. The van der Waals surface area contributed by atoms with Crippen molar-refractivity contribution in [2.24, 2.45) is 0 Å². The van der Waals surface area contributed by atoms with Gasteiger partial charge >= 0.3 is 0 Å². The van der Waals surface area contributed by atoms with Gasteiger partial charge in [0.15, 0.2) is 0 Å². The number of rotatable bonds is 2. The van der Waals surface area contributed by atoms with E-state index in [2.05, 4.69) is 4.98 Å². The summed E-state index contributed by atoms with van der Waals surface area (Å²) in [4.78, 5) is 14.1. The van der Waals surface area contributed by atoms with Crippen LogP contribution in [0.25, 0.3) is 11.3 Å². The molecule has 0 fully saturated rings. The number of oxazole rings is 1. The van der Waals surface area contributed by atoms with Crippen LogP contribution in [0.2, 0.25) is 0 Å². The quantitative estimate of drug-likeness (QED) is 0.616. The van der Waals surface area contributed by atoms with Gasteiger partial charge in [0, 0.05) is 17.7 Å². The minimum Gasteiger partial charge on any atom is -0.429 e. The van der Waals surface area contributed by atoms with E-state index in [-0.39, 0.29) is 11.7 Å². The molecule has 0 bridgehead atoms. The fourth-order valence-corrected chi connectivity index (χ4v) is 1.45. The Morgan fingerprint density at radius 2 is 2.25 bits per heavy atom. The van der Waals surface area contributed by atoms with Crippen molar-refractivity contribution in [2.75, 3.05) is 5.73 Å². The van der Waals surface area contributed by atoms with Crippen LogP contribution in [0, 0.1) is 17.0 Å². The molecule has 1 aromatic carbocycles. The van der Waals surface area contributed by atoms with Crippen molar-refractivity contribution in [1.29, 1.82) is 0 Å². The maximum Gasteiger partial charge on any atom is 0.292 e. The van der Waals surface area contributed by atoms with E-state index >= 15 is 0 Å². The molecule has 0 aliphatic carbocycles. The molecular weight excluding hydrogens is 210 g/mol. The number of benzene rings is 1. The number of aryl methyl sites for hydroxylation is 1. The van der Waals surface area contributed by atoms with E-state index in [9.17, 15) is 10.1 Å². The van der Waals surface area contributed by atoms with E-state index in [0.29, 0.717) is 17.0 Å². The van der Waals surface area contributed by atoms with E-state index < -0.39 is 4.92 Å². The largest absolute Gasteiger partial charge is 0.429 e. The number of nitro groups is 1. The molecule has 1 aromatic heterocycles. The van der Waals surface area contributed by atoms with E-state index in [1.54, 1.807) is 19.1 Å². The summed E-state index contributed by atoms with van der Waals surface area (Å²) in [5.41, 5.74) is 6.56. The van der Waals surface area contributed by atoms with Gasteiger partial charge in [-0.1, -0.05) is 12.1 Å². The minimum absolute atomic E-state index is 0.0125. The van der Waals surface area contributed by atoms with Crippen LogP contribution >= 0.6 is 0 Å². The SMILES string of the molecule is Cc1oc(N)nc1-c1cccc([N+](=O)[O-])c1. The topological polar surface area (TPSA) is 95.2 Å². The van der Waals surface area contributed by atoms with Gasteiger partial charge in [-0.3, -0.25) is 10.1 Å². The molecule has 2 aromatic rings. The van der Waals surface area contributed by atoms with Crippen molar-refractivity contribution in [2.45, 2.75) is 6.92 Å². The first kappa shape index (κ1) is 10.2. The highest BCUT2D eigenvalue weighted by molar-refractivity contribution is 5.65. The average Bonchev–Trinajstić information content (AvgIpc) is 2.58. The molecule has 2 rings (SSSR count). The molecule has 0 saturated carbocycles. The zero-order chi connectivity index (χ0) is 11.7. The second kappa shape index (κ2) is 3.65. The Kier molecular flexibility index (Phi) is 2.32. The maximum atomic E-state index is 10.6. The Bertz CT molecular complexity index is 548. The summed E-state index contributed by atoms with van der Waals surface area (Å²) in [5, 5.41) is 10.6. The molecule has 0 spiro atoms. The van der Waals surface area contributed by atoms with Crippen molar-refractivity contribution in [1.82, 2.24) is 4.98 Å². The number of hydrogen-bond donors (Lipinski definition) is 1. The fraction of sp³-hybridized carbons (Fsp3) is 0.100. The molecular formula is C10H9N3O3. The van der Waals surface area contributed by atoms with Gasteiger partial charge in [-0.25, -0.2) is 0 Å². The van der Waals surface area contributed by atoms with Crippen LogP contribution in [0.3, 0.4) is 0 Å². The number of hydrogen-bond acceptors (Lipinski definition) is 5. The van der Waals surface area contributed by atoms with Gasteiger partial charge in [-0.15, -0.1) is 0 Å². The second-order valence-electron chi connectivity index (χ2n) is 3.26. The number of nitro benzene ring substituents is 1. The first-order valence-electron chi connectivity index (χ1n) is 4.55. The summed E-state index contributed by atoms with van der Waals surface area (Å²) in [6, 6.07) is 6.22. The van der Waals surface area contributed by atoms with E-state index in [1.807, 2.05) is 0 Å². The second-order valence-corrected chi connectivity index (χ2v) is 3.26. The summed E-state index contributed by atoms with van der Waals surface area (Å²) < 4.78 is 5.07. The van der Waals surface area contributed by atoms with Gasteiger partial charge in [0.05, 0.1) is 4.92 Å². The third kappa shape index (κ3) is 1.72. The lowest BCUT2D eigenvalue weighted by atomic mass is 10.1. The molecule has 0 radical (unpaired) electrons. The number of nitrogens with zero attached hydrogens (tertiary/aromatic N) is 2. The first-order valence-corrected chi connectivity index (χ1v) is 4.55.